The Morgan fingerprint density at radius 2 is 1.25 bits per heavy atom. The van der Waals surface area contributed by atoms with Gasteiger partial charge in [0.1, 0.15) is 0 Å². The molecule has 250 valence electrons. The number of hydrogen-bond acceptors (Lipinski definition) is 1. The Bertz CT molecular complexity index is 2310. The van der Waals surface area contributed by atoms with E-state index in [9.17, 15) is 0 Å². The third-order valence-corrected chi connectivity index (χ3v) is 10.0. The maximum absolute atomic E-state index is 2.42. The summed E-state index contributed by atoms with van der Waals surface area (Å²) in [6.45, 7) is 8.63. The minimum absolute atomic E-state index is 0.365. The fourth-order valence-electron chi connectivity index (χ4n) is 7.15. The second kappa shape index (κ2) is 15.3. The highest BCUT2D eigenvalue weighted by Gasteiger charge is 2.21. The van der Waals surface area contributed by atoms with Crippen LogP contribution in [0.2, 0.25) is 0 Å². The number of allylic oxidation sites excluding steroid dienone is 11. The zero-order chi connectivity index (χ0) is 35.2. The van der Waals surface area contributed by atoms with Gasteiger partial charge in [-0.1, -0.05) is 152 Å². The first-order chi connectivity index (χ1) is 25.0. The lowest BCUT2D eigenvalue weighted by Gasteiger charge is -2.30. The monoisotopic (exact) mass is 659 g/mol. The molecule has 0 radical (unpaired) electrons. The van der Waals surface area contributed by atoms with Crippen LogP contribution in [-0.4, -0.2) is 0 Å². The molecule has 0 bridgehead atoms. The molecule has 6 aromatic carbocycles. The van der Waals surface area contributed by atoms with Gasteiger partial charge >= 0.3 is 0 Å². The van der Waals surface area contributed by atoms with E-state index in [1.807, 2.05) is 0 Å². The predicted octanol–water partition coefficient (Wildman–Crippen LogP) is 14.1. The largest absolute Gasteiger partial charge is 0.315 e. The highest BCUT2D eigenvalue weighted by molar-refractivity contribution is 6.14. The molecule has 6 aromatic rings. The van der Waals surface area contributed by atoms with Crippen LogP contribution < -0.4 is 4.90 Å². The minimum Gasteiger partial charge on any atom is -0.315 e. The predicted molar refractivity (Wildman–Crippen MR) is 222 cm³/mol. The lowest BCUT2D eigenvalue weighted by molar-refractivity contribution is 0.836. The molecule has 0 fully saturated rings. The van der Waals surface area contributed by atoms with Crippen molar-refractivity contribution in [3.63, 3.8) is 0 Å². The van der Waals surface area contributed by atoms with Gasteiger partial charge < -0.3 is 4.90 Å². The normalized spacial score (nSPS) is 15.5. The fourth-order valence-corrected chi connectivity index (χ4v) is 7.15. The van der Waals surface area contributed by atoms with Gasteiger partial charge in [0, 0.05) is 23.0 Å². The molecule has 0 heterocycles. The maximum Gasteiger partial charge on any atom is 0.0464 e. The molecule has 0 saturated heterocycles. The molecule has 1 heteroatoms. The average Bonchev–Trinajstić information content (AvgIpc) is 3.19. The lowest BCUT2D eigenvalue weighted by Crippen LogP contribution is -2.21. The van der Waals surface area contributed by atoms with Gasteiger partial charge in [0.2, 0.25) is 0 Å². The summed E-state index contributed by atoms with van der Waals surface area (Å²) in [5.41, 5.74) is 12.2. The summed E-state index contributed by atoms with van der Waals surface area (Å²) in [5, 5.41) is 5.03. The quantitative estimate of drug-likeness (QED) is 0.110. The fraction of sp³-hybridized carbons (Fsp3) is 0.120. The third-order valence-electron chi connectivity index (χ3n) is 10.0. The Morgan fingerprint density at radius 1 is 0.627 bits per heavy atom. The Balaban J connectivity index is 1.41. The Hall–Kier alpha value is -5.92. The van der Waals surface area contributed by atoms with E-state index in [0.29, 0.717) is 5.92 Å². The number of benzene rings is 6. The minimum atomic E-state index is 0.365. The zero-order valence-corrected chi connectivity index (χ0v) is 30.1. The molecule has 0 N–H and O–H groups in total. The highest BCUT2D eigenvalue weighted by atomic mass is 15.1. The van der Waals surface area contributed by atoms with Crippen molar-refractivity contribution in [2.75, 3.05) is 4.90 Å². The van der Waals surface area contributed by atoms with Crippen molar-refractivity contribution >= 4 is 27.2 Å². The van der Waals surface area contributed by atoms with Crippen LogP contribution in [0.3, 0.4) is 0 Å². The average molecular weight is 660 g/mol. The van der Waals surface area contributed by atoms with Crippen molar-refractivity contribution in [3.05, 3.63) is 210 Å². The first kappa shape index (κ1) is 33.6. The number of rotatable bonds is 9. The van der Waals surface area contributed by atoms with Crippen molar-refractivity contribution in [2.24, 2.45) is 0 Å². The van der Waals surface area contributed by atoms with Crippen molar-refractivity contribution in [2.45, 2.75) is 40.0 Å². The molecule has 1 aliphatic carbocycles. The number of nitrogens with zero attached hydrogens (tertiary/aromatic N) is 1. The summed E-state index contributed by atoms with van der Waals surface area (Å²) in [7, 11) is 0. The smallest absolute Gasteiger partial charge is 0.0464 e. The van der Waals surface area contributed by atoms with Gasteiger partial charge in [-0.2, -0.15) is 0 Å². The van der Waals surface area contributed by atoms with Crippen LogP contribution in [0, 0.1) is 0 Å². The first-order valence-corrected chi connectivity index (χ1v) is 18.0. The third kappa shape index (κ3) is 7.21. The van der Waals surface area contributed by atoms with E-state index >= 15 is 0 Å². The molecule has 1 unspecified atom stereocenters. The van der Waals surface area contributed by atoms with Crippen molar-refractivity contribution in [1.29, 1.82) is 0 Å². The van der Waals surface area contributed by atoms with Gasteiger partial charge in [0.05, 0.1) is 0 Å². The molecular weight excluding hydrogens is 615 g/mol. The van der Waals surface area contributed by atoms with Gasteiger partial charge in [0.15, 0.2) is 0 Å². The summed E-state index contributed by atoms with van der Waals surface area (Å²) >= 11 is 0. The van der Waals surface area contributed by atoms with E-state index in [1.165, 1.54) is 66.2 Å². The molecule has 1 aliphatic rings. The molecule has 1 nitrogen and oxygen atoms in total. The molecule has 0 amide bonds. The molecule has 0 saturated carbocycles. The number of hydrogen-bond donors (Lipinski definition) is 0. The van der Waals surface area contributed by atoms with Crippen molar-refractivity contribution in [1.82, 2.24) is 0 Å². The van der Waals surface area contributed by atoms with Crippen LogP contribution >= 0.6 is 0 Å². The summed E-state index contributed by atoms with van der Waals surface area (Å²) in [4.78, 5) is 2.42. The molecular formula is C50H45N. The topological polar surface area (TPSA) is 3.24 Å². The van der Waals surface area contributed by atoms with Gasteiger partial charge in [-0.15, -0.1) is 0 Å². The first-order valence-electron chi connectivity index (χ1n) is 18.0. The van der Waals surface area contributed by atoms with Crippen LogP contribution in [0.5, 0.6) is 0 Å². The second-order valence-corrected chi connectivity index (χ2v) is 13.4. The zero-order valence-electron chi connectivity index (χ0n) is 30.1. The number of fused-ring (bicyclic) bond motifs is 2. The van der Waals surface area contributed by atoms with Crippen LogP contribution in [0.25, 0.3) is 43.8 Å². The van der Waals surface area contributed by atoms with Gasteiger partial charge in [-0.3, -0.25) is 0 Å². The maximum atomic E-state index is 2.42. The Kier molecular flexibility index (Phi) is 10.1. The van der Waals surface area contributed by atoms with E-state index in [4.69, 9.17) is 0 Å². The van der Waals surface area contributed by atoms with E-state index in [2.05, 4.69) is 215 Å². The van der Waals surface area contributed by atoms with E-state index < -0.39 is 0 Å². The van der Waals surface area contributed by atoms with Crippen LogP contribution in [0.15, 0.2) is 205 Å². The van der Waals surface area contributed by atoms with Gasteiger partial charge in [-0.25, -0.2) is 0 Å². The highest BCUT2D eigenvalue weighted by Crippen LogP contribution is 2.44. The van der Waals surface area contributed by atoms with E-state index in [-0.39, 0.29) is 0 Å². The summed E-state index contributed by atoms with van der Waals surface area (Å²) in [6.07, 6.45) is 18.9. The number of anilines is 1. The van der Waals surface area contributed by atoms with Gasteiger partial charge in [0.25, 0.3) is 0 Å². The lowest BCUT2D eigenvalue weighted by atomic mass is 9.87. The Labute approximate surface area is 303 Å². The van der Waals surface area contributed by atoms with Crippen molar-refractivity contribution < 1.29 is 0 Å². The van der Waals surface area contributed by atoms with Crippen LogP contribution in [0.1, 0.15) is 45.6 Å². The van der Waals surface area contributed by atoms with E-state index in [1.54, 1.807) is 0 Å². The SMILES string of the molecule is C\C=C/C=C(C)/C(C)=C/C=C(\C)N(C1=CCC(c2ccccc2)C=C1)c1ccc(-c2c3ccccc3cc3ccccc23)c(-c2ccccc2)c1. The van der Waals surface area contributed by atoms with Gasteiger partial charge in [-0.05, 0) is 125 Å². The summed E-state index contributed by atoms with van der Waals surface area (Å²) < 4.78 is 0. The molecule has 51 heavy (non-hydrogen) atoms. The standard InChI is InChI=1S/C50H45N/c1-5-6-17-36(2)37(3)26-27-38(4)51(44-30-28-40(29-31-44)39-18-9-7-10-19-39)45-32-33-48(49(35-45)41-20-11-8-12-21-41)50-46-24-15-13-22-42(46)34-43-23-14-16-25-47(43)50/h5-28,30-35,40H,29H2,1-4H3/b6-5-,36-17+,37-26+,38-27+. The van der Waals surface area contributed by atoms with E-state index in [0.717, 1.165) is 17.8 Å². The van der Waals surface area contributed by atoms with Crippen molar-refractivity contribution in [3.8, 4) is 22.3 Å². The Morgan fingerprint density at radius 3 is 1.90 bits per heavy atom. The van der Waals surface area contributed by atoms with Crippen LogP contribution in [-0.2, 0) is 0 Å². The molecule has 0 spiro atoms. The summed E-state index contributed by atoms with van der Waals surface area (Å²) in [5.74, 6) is 0.365. The molecule has 0 aromatic heterocycles. The van der Waals surface area contributed by atoms with Crippen LogP contribution in [0.4, 0.5) is 5.69 Å². The summed E-state index contributed by atoms with van der Waals surface area (Å²) in [6, 6.07) is 48.6. The molecule has 0 aliphatic heterocycles. The second-order valence-electron chi connectivity index (χ2n) is 13.4. The molecule has 1 atom stereocenters. The molecule has 7 rings (SSSR count).